The second-order valence-corrected chi connectivity index (χ2v) is 7.26. The second kappa shape index (κ2) is 8.71. The molecule has 144 valence electrons. The number of rotatable bonds is 5. The maximum Gasteiger partial charge on any atom is 0.338 e. The quantitative estimate of drug-likeness (QED) is 0.593. The van der Waals surface area contributed by atoms with Crippen molar-refractivity contribution in [3.63, 3.8) is 0 Å². The molecule has 0 aromatic heterocycles. The van der Waals surface area contributed by atoms with Crippen LogP contribution in [0.1, 0.15) is 34.1 Å². The summed E-state index contributed by atoms with van der Waals surface area (Å²) in [7, 11) is 0. The van der Waals surface area contributed by atoms with Gasteiger partial charge in [0.2, 0.25) is 5.91 Å². The summed E-state index contributed by atoms with van der Waals surface area (Å²) in [5.41, 5.74) is 1.72. The lowest BCUT2D eigenvalue weighted by Gasteiger charge is -2.10. The molecule has 2 N–H and O–H groups in total. The van der Waals surface area contributed by atoms with Gasteiger partial charge in [-0.2, -0.15) is 0 Å². The van der Waals surface area contributed by atoms with Gasteiger partial charge in [-0.15, -0.1) is 11.8 Å². The molecule has 8 heteroatoms. The van der Waals surface area contributed by atoms with E-state index in [1.807, 2.05) is 0 Å². The molecule has 0 unspecified atom stereocenters. The van der Waals surface area contributed by atoms with Crippen LogP contribution in [0.4, 0.5) is 11.4 Å². The van der Waals surface area contributed by atoms with Gasteiger partial charge < -0.3 is 15.4 Å². The van der Waals surface area contributed by atoms with E-state index in [-0.39, 0.29) is 17.3 Å². The number of ether oxygens (including phenoxy) is 1. The molecule has 0 radical (unpaired) electrons. The smallest absolute Gasteiger partial charge is 0.338 e. The monoisotopic (exact) mass is 398 g/mol. The number of benzene rings is 2. The lowest BCUT2D eigenvalue weighted by molar-refractivity contribution is -0.119. The number of hydrogen-bond donors (Lipinski definition) is 2. The van der Waals surface area contributed by atoms with Crippen LogP contribution in [-0.2, 0) is 14.3 Å². The van der Waals surface area contributed by atoms with Gasteiger partial charge in [0, 0.05) is 28.3 Å². The first-order chi connectivity index (χ1) is 13.4. The van der Waals surface area contributed by atoms with E-state index >= 15 is 0 Å². The van der Waals surface area contributed by atoms with Crippen LogP contribution in [0.2, 0.25) is 0 Å². The average molecular weight is 398 g/mol. The van der Waals surface area contributed by atoms with Crippen LogP contribution in [0.5, 0.6) is 0 Å². The zero-order valence-corrected chi connectivity index (χ0v) is 15.9. The highest BCUT2D eigenvalue weighted by Gasteiger charge is 2.17. The Morgan fingerprint density at radius 1 is 1.14 bits per heavy atom. The van der Waals surface area contributed by atoms with Gasteiger partial charge >= 0.3 is 5.97 Å². The number of nitrogens with one attached hydrogen (secondary N) is 2. The van der Waals surface area contributed by atoms with Gasteiger partial charge in [-0.05, 0) is 37.3 Å². The van der Waals surface area contributed by atoms with Crippen molar-refractivity contribution in [1.29, 1.82) is 0 Å². The van der Waals surface area contributed by atoms with E-state index in [0.717, 1.165) is 4.90 Å². The first-order valence-electron chi connectivity index (χ1n) is 8.57. The van der Waals surface area contributed by atoms with E-state index in [0.29, 0.717) is 29.1 Å². The van der Waals surface area contributed by atoms with Crippen molar-refractivity contribution in [2.24, 2.45) is 0 Å². The Morgan fingerprint density at radius 3 is 2.75 bits per heavy atom. The molecule has 1 aliphatic heterocycles. The maximum atomic E-state index is 12.2. The Labute approximate surface area is 165 Å². The van der Waals surface area contributed by atoms with Crippen molar-refractivity contribution < 1.29 is 23.9 Å². The Balaban J connectivity index is 1.59. The third-order valence-corrected chi connectivity index (χ3v) is 5.04. The summed E-state index contributed by atoms with van der Waals surface area (Å²) in [6, 6.07) is 11.4. The number of hydrogen-bond acceptors (Lipinski definition) is 6. The third-order valence-electron chi connectivity index (χ3n) is 3.96. The van der Waals surface area contributed by atoms with Crippen molar-refractivity contribution in [1.82, 2.24) is 0 Å². The number of fused-ring (bicyclic) bond motifs is 1. The Morgan fingerprint density at radius 2 is 1.96 bits per heavy atom. The topological polar surface area (TPSA) is 102 Å². The van der Waals surface area contributed by atoms with E-state index in [1.165, 1.54) is 18.7 Å². The number of carbonyl (C=O) groups is 4. The van der Waals surface area contributed by atoms with Gasteiger partial charge in [-0.25, -0.2) is 4.79 Å². The molecule has 0 spiro atoms. The molecule has 2 aromatic rings. The molecule has 0 fully saturated rings. The molecular weight excluding hydrogens is 380 g/mol. The summed E-state index contributed by atoms with van der Waals surface area (Å²) in [4.78, 5) is 48.2. The summed E-state index contributed by atoms with van der Waals surface area (Å²) in [6.07, 6.45) is 0.407. The number of ketones is 1. The number of anilines is 2. The van der Waals surface area contributed by atoms with Crippen LogP contribution < -0.4 is 10.6 Å². The zero-order chi connectivity index (χ0) is 20.1. The SMILES string of the molecule is CC(=O)c1cccc(NC(=O)COC(=O)c2ccc3c(c2)NC(=O)CCS3)c1. The van der Waals surface area contributed by atoms with E-state index in [1.54, 1.807) is 42.5 Å². The largest absolute Gasteiger partial charge is 0.452 e. The number of amides is 2. The minimum Gasteiger partial charge on any atom is -0.452 e. The molecule has 2 amide bonds. The Bertz CT molecular complexity index is 957. The number of carbonyl (C=O) groups excluding carboxylic acids is 4. The number of esters is 1. The van der Waals surface area contributed by atoms with E-state index in [9.17, 15) is 19.2 Å². The van der Waals surface area contributed by atoms with E-state index in [4.69, 9.17) is 4.74 Å². The predicted octanol–water partition coefficient (Wildman–Crippen LogP) is 3.12. The molecule has 1 heterocycles. The van der Waals surface area contributed by atoms with Crippen molar-refractivity contribution in [2.75, 3.05) is 23.0 Å². The van der Waals surface area contributed by atoms with Crippen LogP contribution >= 0.6 is 11.8 Å². The summed E-state index contributed by atoms with van der Waals surface area (Å²) >= 11 is 1.53. The average Bonchev–Trinajstić information content (AvgIpc) is 2.86. The molecule has 0 saturated heterocycles. The maximum absolute atomic E-state index is 12.2. The minimum atomic E-state index is -0.668. The summed E-state index contributed by atoms with van der Waals surface area (Å²) < 4.78 is 5.05. The zero-order valence-electron chi connectivity index (χ0n) is 15.1. The highest BCUT2D eigenvalue weighted by molar-refractivity contribution is 7.99. The van der Waals surface area contributed by atoms with Gasteiger partial charge in [0.1, 0.15) is 0 Å². The van der Waals surface area contributed by atoms with Crippen LogP contribution in [0.3, 0.4) is 0 Å². The lowest BCUT2D eigenvalue weighted by Crippen LogP contribution is -2.21. The first kappa shape index (κ1) is 19.6. The van der Waals surface area contributed by atoms with Gasteiger partial charge in [0.05, 0.1) is 11.3 Å². The summed E-state index contributed by atoms with van der Waals surface area (Å²) in [6.45, 7) is 0.964. The van der Waals surface area contributed by atoms with E-state index < -0.39 is 18.5 Å². The summed E-state index contributed by atoms with van der Waals surface area (Å²) in [5.74, 6) is -0.736. The molecular formula is C20H18N2O5S. The standard InChI is InChI=1S/C20H18N2O5S/c1-12(23)13-3-2-4-15(9-13)21-19(25)11-27-20(26)14-5-6-17-16(10-14)22-18(24)7-8-28-17/h2-6,9-10H,7-8,11H2,1H3,(H,21,25)(H,22,24). The van der Waals surface area contributed by atoms with Crippen molar-refractivity contribution in [2.45, 2.75) is 18.2 Å². The van der Waals surface area contributed by atoms with Gasteiger partial charge in [0.25, 0.3) is 5.91 Å². The Kier molecular flexibility index (Phi) is 6.10. The van der Waals surface area contributed by atoms with Crippen molar-refractivity contribution in [3.8, 4) is 0 Å². The van der Waals surface area contributed by atoms with Crippen LogP contribution in [0, 0.1) is 0 Å². The fourth-order valence-electron chi connectivity index (χ4n) is 2.57. The minimum absolute atomic E-state index is 0.107. The molecule has 0 atom stereocenters. The van der Waals surface area contributed by atoms with Crippen LogP contribution in [0.25, 0.3) is 0 Å². The summed E-state index contributed by atoms with van der Waals surface area (Å²) in [5, 5.41) is 5.33. The lowest BCUT2D eigenvalue weighted by atomic mass is 10.1. The van der Waals surface area contributed by atoms with Gasteiger partial charge in [-0.3, -0.25) is 14.4 Å². The third kappa shape index (κ3) is 4.98. The molecule has 3 rings (SSSR count). The van der Waals surface area contributed by atoms with Crippen LogP contribution in [-0.4, -0.2) is 35.9 Å². The molecule has 28 heavy (non-hydrogen) atoms. The molecule has 1 aliphatic rings. The predicted molar refractivity (Wildman–Crippen MR) is 106 cm³/mol. The van der Waals surface area contributed by atoms with Crippen LogP contribution in [0.15, 0.2) is 47.4 Å². The highest BCUT2D eigenvalue weighted by atomic mass is 32.2. The molecule has 0 aliphatic carbocycles. The van der Waals surface area contributed by atoms with E-state index in [2.05, 4.69) is 10.6 Å². The molecule has 0 saturated carbocycles. The Hall–Kier alpha value is -3.13. The van der Waals surface area contributed by atoms with Crippen molar-refractivity contribution in [3.05, 3.63) is 53.6 Å². The number of Topliss-reactive ketones (excluding diaryl/α,β-unsaturated/α-hetero) is 1. The molecule has 2 aromatic carbocycles. The first-order valence-corrected chi connectivity index (χ1v) is 9.55. The van der Waals surface area contributed by atoms with Gasteiger partial charge in [0.15, 0.2) is 12.4 Å². The molecule has 0 bridgehead atoms. The van der Waals surface area contributed by atoms with Crippen molar-refractivity contribution >= 4 is 46.7 Å². The fraction of sp³-hybridized carbons (Fsp3) is 0.200. The van der Waals surface area contributed by atoms with Gasteiger partial charge in [-0.1, -0.05) is 12.1 Å². The fourth-order valence-corrected chi connectivity index (χ4v) is 3.51. The second-order valence-electron chi connectivity index (χ2n) is 6.12. The normalized spacial score (nSPS) is 13.0. The highest BCUT2D eigenvalue weighted by Crippen LogP contribution is 2.31. The number of thioether (sulfide) groups is 1. The molecule has 7 nitrogen and oxygen atoms in total.